The predicted molar refractivity (Wildman–Crippen MR) is 102 cm³/mol. The minimum atomic E-state index is -3.72. The van der Waals surface area contributed by atoms with Gasteiger partial charge in [-0.2, -0.15) is 4.31 Å². The molecule has 27 heavy (non-hydrogen) atoms. The molecule has 9 heteroatoms. The lowest BCUT2D eigenvalue weighted by molar-refractivity contribution is -0.132. The van der Waals surface area contributed by atoms with E-state index in [1.165, 1.54) is 23.2 Å². The maximum Gasteiger partial charge on any atom is 0.243 e. The van der Waals surface area contributed by atoms with Gasteiger partial charge >= 0.3 is 0 Å². The van der Waals surface area contributed by atoms with Crippen LogP contribution in [0, 0.1) is 5.82 Å². The third kappa shape index (κ3) is 4.99. The van der Waals surface area contributed by atoms with Crippen molar-refractivity contribution in [3.8, 4) is 0 Å². The highest BCUT2D eigenvalue weighted by atomic mass is 35.5. The maximum atomic E-state index is 13.3. The Hall–Kier alpha value is -1.22. The van der Waals surface area contributed by atoms with Crippen LogP contribution in [0.5, 0.6) is 0 Å². The molecule has 0 aromatic heterocycles. The number of hydrogen-bond acceptors (Lipinski definition) is 4. The van der Waals surface area contributed by atoms with Crippen molar-refractivity contribution in [2.24, 2.45) is 0 Å². The van der Waals surface area contributed by atoms with Gasteiger partial charge in [-0.15, -0.1) is 0 Å². The number of rotatable bonds is 4. The minimum Gasteiger partial charge on any atom is -0.342 e. The van der Waals surface area contributed by atoms with Crippen LogP contribution >= 0.6 is 11.6 Å². The standard InChI is InChI=1S/C18H25ClFN3O3S/c19-16-13-15(5-6-17(16)20)27(25,26)23-11-9-21(10-12-23)14-18(24)22-7-3-1-2-4-8-22/h5-6,13H,1-4,7-12,14H2. The third-order valence-electron chi connectivity index (χ3n) is 5.18. The molecule has 1 amide bonds. The van der Waals surface area contributed by atoms with Crippen LogP contribution in [-0.4, -0.2) is 74.2 Å². The van der Waals surface area contributed by atoms with Gasteiger partial charge in [0, 0.05) is 39.3 Å². The number of carbonyl (C=O) groups excluding carboxylic acids is 1. The second kappa shape index (κ2) is 8.86. The Labute approximate surface area is 164 Å². The molecular weight excluding hydrogens is 393 g/mol. The Bertz CT molecular complexity index is 774. The second-order valence-corrected chi connectivity index (χ2v) is 9.40. The van der Waals surface area contributed by atoms with Crippen LogP contribution in [0.1, 0.15) is 25.7 Å². The molecule has 0 saturated carbocycles. The topological polar surface area (TPSA) is 60.9 Å². The van der Waals surface area contributed by atoms with Gasteiger partial charge in [-0.05, 0) is 31.0 Å². The Kier molecular flexibility index (Phi) is 6.73. The maximum absolute atomic E-state index is 13.3. The summed E-state index contributed by atoms with van der Waals surface area (Å²) in [5, 5.41) is -0.210. The molecule has 6 nitrogen and oxygen atoms in total. The van der Waals surface area contributed by atoms with E-state index in [2.05, 4.69) is 0 Å². The van der Waals surface area contributed by atoms with Crippen molar-refractivity contribution in [2.45, 2.75) is 30.6 Å². The Balaban J connectivity index is 1.56. The van der Waals surface area contributed by atoms with Crippen LogP contribution in [0.2, 0.25) is 5.02 Å². The van der Waals surface area contributed by atoms with Crippen LogP contribution in [0.4, 0.5) is 4.39 Å². The van der Waals surface area contributed by atoms with Gasteiger partial charge in [0.2, 0.25) is 15.9 Å². The van der Waals surface area contributed by atoms with Crippen LogP contribution < -0.4 is 0 Å². The van der Waals surface area contributed by atoms with Crippen molar-refractivity contribution in [1.29, 1.82) is 0 Å². The Morgan fingerprint density at radius 2 is 1.63 bits per heavy atom. The molecular formula is C18H25ClFN3O3S. The molecule has 1 aromatic carbocycles. The number of likely N-dealkylation sites (tertiary alicyclic amines) is 1. The molecule has 2 aliphatic heterocycles. The lowest BCUT2D eigenvalue weighted by Gasteiger charge is -2.34. The first-order chi connectivity index (χ1) is 12.9. The van der Waals surface area contributed by atoms with Gasteiger partial charge in [-0.1, -0.05) is 24.4 Å². The summed E-state index contributed by atoms with van der Waals surface area (Å²) in [7, 11) is -3.72. The Morgan fingerprint density at radius 1 is 1.00 bits per heavy atom. The predicted octanol–water partition coefficient (Wildman–Crippen LogP) is 2.19. The Morgan fingerprint density at radius 3 is 2.22 bits per heavy atom. The van der Waals surface area contributed by atoms with Gasteiger partial charge < -0.3 is 4.90 Å². The van der Waals surface area contributed by atoms with E-state index in [0.29, 0.717) is 32.7 Å². The molecule has 150 valence electrons. The van der Waals surface area contributed by atoms with E-state index in [1.54, 1.807) is 0 Å². The summed E-state index contributed by atoms with van der Waals surface area (Å²) in [5.41, 5.74) is 0. The van der Waals surface area contributed by atoms with Crippen LogP contribution in [-0.2, 0) is 14.8 Å². The van der Waals surface area contributed by atoms with Gasteiger partial charge in [0.1, 0.15) is 5.82 Å². The van der Waals surface area contributed by atoms with Crippen LogP contribution in [0.15, 0.2) is 23.1 Å². The molecule has 2 fully saturated rings. The zero-order valence-electron chi connectivity index (χ0n) is 15.2. The van der Waals surface area contributed by atoms with Gasteiger partial charge in [0.05, 0.1) is 16.5 Å². The highest BCUT2D eigenvalue weighted by Crippen LogP contribution is 2.23. The van der Waals surface area contributed by atoms with E-state index in [0.717, 1.165) is 38.1 Å². The van der Waals surface area contributed by atoms with Crippen molar-refractivity contribution in [3.05, 3.63) is 29.0 Å². The third-order valence-corrected chi connectivity index (χ3v) is 7.36. The lowest BCUT2D eigenvalue weighted by Crippen LogP contribution is -2.51. The van der Waals surface area contributed by atoms with Gasteiger partial charge in [-0.25, -0.2) is 12.8 Å². The van der Waals surface area contributed by atoms with Crippen LogP contribution in [0.25, 0.3) is 0 Å². The number of sulfonamides is 1. The SMILES string of the molecule is O=C(CN1CCN(S(=O)(=O)c2ccc(F)c(Cl)c2)CC1)N1CCCCCC1. The molecule has 0 unspecified atom stereocenters. The fraction of sp³-hybridized carbons (Fsp3) is 0.611. The smallest absolute Gasteiger partial charge is 0.243 e. The van der Waals surface area contributed by atoms with Crippen molar-refractivity contribution in [3.63, 3.8) is 0 Å². The molecule has 2 aliphatic rings. The van der Waals surface area contributed by atoms with Crippen molar-refractivity contribution >= 4 is 27.5 Å². The molecule has 3 rings (SSSR count). The lowest BCUT2D eigenvalue weighted by atomic mass is 10.2. The highest BCUT2D eigenvalue weighted by Gasteiger charge is 2.30. The number of benzene rings is 1. The number of amides is 1. The van der Waals surface area contributed by atoms with E-state index in [9.17, 15) is 17.6 Å². The first kappa shape index (κ1) is 20.5. The zero-order chi connectivity index (χ0) is 19.4. The molecule has 0 atom stereocenters. The molecule has 0 aliphatic carbocycles. The fourth-order valence-electron chi connectivity index (χ4n) is 3.53. The molecule has 0 N–H and O–H groups in total. The summed E-state index contributed by atoms with van der Waals surface area (Å²) in [6, 6.07) is 3.43. The molecule has 2 saturated heterocycles. The molecule has 0 bridgehead atoms. The van der Waals surface area contributed by atoms with E-state index in [4.69, 9.17) is 11.6 Å². The molecule has 1 aromatic rings. The van der Waals surface area contributed by atoms with Crippen molar-refractivity contribution in [1.82, 2.24) is 14.1 Å². The monoisotopic (exact) mass is 417 g/mol. The normalized spacial score (nSPS) is 20.4. The summed E-state index contributed by atoms with van der Waals surface area (Å²) in [5.74, 6) is -0.522. The minimum absolute atomic E-state index is 0.0111. The first-order valence-corrected chi connectivity index (χ1v) is 11.1. The molecule has 0 radical (unpaired) electrons. The highest BCUT2D eigenvalue weighted by molar-refractivity contribution is 7.89. The summed E-state index contributed by atoms with van der Waals surface area (Å²) in [4.78, 5) is 16.4. The summed E-state index contributed by atoms with van der Waals surface area (Å²) in [6.07, 6.45) is 4.46. The summed E-state index contributed by atoms with van der Waals surface area (Å²) < 4.78 is 40.1. The number of nitrogens with zero attached hydrogens (tertiary/aromatic N) is 3. The van der Waals surface area contributed by atoms with Crippen LogP contribution in [0.3, 0.4) is 0 Å². The average molecular weight is 418 g/mol. The van der Waals surface area contributed by atoms with E-state index in [-0.39, 0.29) is 15.8 Å². The molecule has 0 spiro atoms. The number of hydrogen-bond donors (Lipinski definition) is 0. The average Bonchev–Trinajstić information content (AvgIpc) is 2.94. The second-order valence-electron chi connectivity index (χ2n) is 7.05. The van der Waals surface area contributed by atoms with Gasteiger partial charge in [0.25, 0.3) is 0 Å². The number of carbonyl (C=O) groups is 1. The summed E-state index contributed by atoms with van der Waals surface area (Å²) in [6.45, 7) is 3.55. The summed E-state index contributed by atoms with van der Waals surface area (Å²) >= 11 is 5.72. The van der Waals surface area contributed by atoms with Crippen molar-refractivity contribution in [2.75, 3.05) is 45.8 Å². The van der Waals surface area contributed by atoms with E-state index in [1.807, 2.05) is 9.80 Å². The largest absolute Gasteiger partial charge is 0.342 e. The van der Waals surface area contributed by atoms with Gasteiger partial charge in [0.15, 0.2) is 0 Å². The van der Waals surface area contributed by atoms with E-state index < -0.39 is 15.8 Å². The van der Waals surface area contributed by atoms with Gasteiger partial charge in [-0.3, -0.25) is 9.69 Å². The molecule has 2 heterocycles. The van der Waals surface area contributed by atoms with Crippen molar-refractivity contribution < 1.29 is 17.6 Å². The first-order valence-electron chi connectivity index (χ1n) is 9.33. The number of halogens is 2. The fourth-order valence-corrected chi connectivity index (χ4v) is 5.22. The number of piperazine rings is 1. The quantitative estimate of drug-likeness (QED) is 0.753. The van der Waals surface area contributed by atoms with E-state index >= 15 is 0 Å². The zero-order valence-corrected chi connectivity index (χ0v) is 16.8.